The van der Waals surface area contributed by atoms with Crippen molar-refractivity contribution in [3.63, 3.8) is 0 Å². The van der Waals surface area contributed by atoms with Gasteiger partial charge in [-0.1, -0.05) is 32.1 Å². The van der Waals surface area contributed by atoms with E-state index in [1.165, 1.54) is 45.6 Å². The van der Waals surface area contributed by atoms with E-state index in [4.69, 9.17) is 0 Å². The molecule has 1 aliphatic carbocycles. The summed E-state index contributed by atoms with van der Waals surface area (Å²) in [7, 11) is 1.33. The van der Waals surface area contributed by atoms with Crippen molar-refractivity contribution in [2.45, 2.75) is 44.9 Å². The number of hydrazone groups is 1. The SMILES string of the molecule is COC(=O)N/N=C\CCC1CCCCC1. The molecule has 0 aliphatic heterocycles. The van der Waals surface area contributed by atoms with Gasteiger partial charge in [0.15, 0.2) is 0 Å². The maximum Gasteiger partial charge on any atom is 0.427 e. The molecule has 15 heavy (non-hydrogen) atoms. The van der Waals surface area contributed by atoms with Crippen LogP contribution >= 0.6 is 0 Å². The molecule has 0 heterocycles. The fourth-order valence-electron chi connectivity index (χ4n) is 1.99. The minimum absolute atomic E-state index is 0.510. The molecule has 0 saturated heterocycles. The number of methoxy groups -OCH3 is 1. The van der Waals surface area contributed by atoms with Gasteiger partial charge >= 0.3 is 6.09 Å². The molecule has 0 bridgehead atoms. The topological polar surface area (TPSA) is 50.7 Å². The summed E-state index contributed by atoms with van der Waals surface area (Å²) in [4.78, 5) is 10.6. The van der Waals surface area contributed by atoms with Crippen LogP contribution in [0.25, 0.3) is 0 Å². The standard InChI is InChI=1S/C11H20N2O2/c1-15-11(14)13-12-9-5-8-10-6-3-2-4-7-10/h9-10H,2-8H2,1H3,(H,13,14)/b12-9-. The van der Waals surface area contributed by atoms with Crippen molar-refractivity contribution in [3.8, 4) is 0 Å². The normalized spacial score (nSPS) is 17.9. The minimum Gasteiger partial charge on any atom is -0.452 e. The number of nitrogens with zero attached hydrogens (tertiary/aromatic N) is 1. The largest absolute Gasteiger partial charge is 0.452 e. The van der Waals surface area contributed by atoms with Crippen molar-refractivity contribution in [3.05, 3.63) is 0 Å². The van der Waals surface area contributed by atoms with Crippen LogP contribution in [0.3, 0.4) is 0 Å². The third-order valence-electron chi connectivity index (χ3n) is 2.86. The maximum absolute atomic E-state index is 10.6. The lowest BCUT2D eigenvalue weighted by molar-refractivity contribution is 0.171. The van der Waals surface area contributed by atoms with E-state index in [1.54, 1.807) is 6.21 Å². The number of rotatable bonds is 4. The monoisotopic (exact) mass is 212 g/mol. The highest BCUT2D eigenvalue weighted by molar-refractivity contribution is 5.68. The molecule has 0 unspecified atom stereocenters. The van der Waals surface area contributed by atoms with Crippen molar-refractivity contribution in [2.75, 3.05) is 7.11 Å². The third-order valence-corrected chi connectivity index (χ3v) is 2.86. The maximum atomic E-state index is 10.6. The lowest BCUT2D eigenvalue weighted by Gasteiger charge is -2.20. The van der Waals surface area contributed by atoms with Gasteiger partial charge in [0, 0.05) is 6.21 Å². The lowest BCUT2D eigenvalue weighted by atomic mass is 9.86. The predicted octanol–water partition coefficient (Wildman–Crippen LogP) is 2.69. The van der Waals surface area contributed by atoms with E-state index in [1.807, 2.05) is 0 Å². The summed E-state index contributed by atoms with van der Waals surface area (Å²) in [5, 5.41) is 3.78. The molecule has 0 aromatic heterocycles. The molecule has 1 fully saturated rings. The zero-order valence-corrected chi connectivity index (χ0v) is 9.37. The van der Waals surface area contributed by atoms with Crippen molar-refractivity contribution in [1.29, 1.82) is 0 Å². The highest BCUT2D eigenvalue weighted by Crippen LogP contribution is 2.26. The first-order valence-electron chi connectivity index (χ1n) is 5.68. The molecule has 1 aliphatic rings. The van der Waals surface area contributed by atoms with Gasteiger partial charge < -0.3 is 4.74 Å². The Bertz CT molecular complexity index is 211. The molecule has 4 heteroatoms. The summed E-state index contributed by atoms with van der Waals surface area (Å²) in [5.41, 5.74) is 2.28. The van der Waals surface area contributed by atoms with E-state index < -0.39 is 6.09 Å². The Balaban J connectivity index is 2.02. The zero-order valence-electron chi connectivity index (χ0n) is 9.37. The highest BCUT2D eigenvalue weighted by atomic mass is 16.5. The number of nitrogens with one attached hydrogen (secondary N) is 1. The Kier molecular flexibility index (Phi) is 5.81. The second kappa shape index (κ2) is 7.26. The van der Waals surface area contributed by atoms with E-state index in [0.717, 1.165) is 12.3 Å². The summed E-state index contributed by atoms with van der Waals surface area (Å²) in [6.07, 6.45) is 10.2. The van der Waals surface area contributed by atoms with E-state index in [2.05, 4.69) is 15.3 Å². The van der Waals surface area contributed by atoms with Crippen LogP contribution in [-0.4, -0.2) is 19.4 Å². The molecule has 1 rings (SSSR count). The third kappa shape index (κ3) is 5.40. The number of amides is 1. The first-order chi connectivity index (χ1) is 7.33. The molecule has 0 aromatic carbocycles. The average Bonchev–Trinajstić information content (AvgIpc) is 2.29. The van der Waals surface area contributed by atoms with Gasteiger partial charge in [-0.3, -0.25) is 0 Å². The van der Waals surface area contributed by atoms with Crippen molar-refractivity contribution in [2.24, 2.45) is 11.0 Å². The van der Waals surface area contributed by atoms with Crippen LogP contribution in [0.15, 0.2) is 5.10 Å². The van der Waals surface area contributed by atoms with Gasteiger partial charge in [0.2, 0.25) is 0 Å². The van der Waals surface area contributed by atoms with Crippen molar-refractivity contribution in [1.82, 2.24) is 5.43 Å². The molecule has 4 nitrogen and oxygen atoms in total. The predicted molar refractivity (Wildman–Crippen MR) is 59.8 cm³/mol. The second-order valence-corrected chi connectivity index (χ2v) is 4.00. The van der Waals surface area contributed by atoms with Crippen molar-refractivity contribution < 1.29 is 9.53 Å². The molecule has 1 saturated carbocycles. The van der Waals surface area contributed by atoms with E-state index >= 15 is 0 Å². The Morgan fingerprint density at radius 1 is 1.47 bits per heavy atom. The Hall–Kier alpha value is -1.06. The number of hydrogen-bond acceptors (Lipinski definition) is 3. The van der Waals surface area contributed by atoms with Crippen LogP contribution in [-0.2, 0) is 4.74 Å². The van der Waals surface area contributed by atoms with E-state index in [0.29, 0.717) is 0 Å². The van der Waals surface area contributed by atoms with Gasteiger partial charge in [-0.25, -0.2) is 10.2 Å². The summed E-state index contributed by atoms with van der Waals surface area (Å²) in [5.74, 6) is 0.864. The second-order valence-electron chi connectivity index (χ2n) is 4.00. The number of carbonyl (C=O) groups excluding carboxylic acids is 1. The van der Waals surface area contributed by atoms with Crippen LogP contribution in [0, 0.1) is 5.92 Å². The van der Waals surface area contributed by atoms with Gasteiger partial charge in [0.1, 0.15) is 0 Å². The van der Waals surface area contributed by atoms with Crippen LogP contribution in [0.2, 0.25) is 0 Å². The number of carbonyl (C=O) groups is 1. The molecule has 1 amide bonds. The lowest BCUT2D eigenvalue weighted by Crippen LogP contribution is -2.16. The number of hydrogen-bond donors (Lipinski definition) is 1. The van der Waals surface area contributed by atoms with Gasteiger partial charge in [0.05, 0.1) is 7.11 Å². The van der Waals surface area contributed by atoms with E-state index in [-0.39, 0.29) is 0 Å². The number of ether oxygens (including phenoxy) is 1. The van der Waals surface area contributed by atoms with Crippen LogP contribution < -0.4 is 5.43 Å². The molecular formula is C11H20N2O2. The fraction of sp³-hybridized carbons (Fsp3) is 0.818. The fourth-order valence-corrected chi connectivity index (χ4v) is 1.99. The first-order valence-corrected chi connectivity index (χ1v) is 5.68. The molecular weight excluding hydrogens is 192 g/mol. The highest BCUT2D eigenvalue weighted by Gasteiger charge is 2.11. The molecule has 0 radical (unpaired) electrons. The molecule has 0 spiro atoms. The van der Waals surface area contributed by atoms with Gasteiger partial charge in [-0.15, -0.1) is 0 Å². The average molecular weight is 212 g/mol. The van der Waals surface area contributed by atoms with Gasteiger partial charge in [0.25, 0.3) is 0 Å². The molecule has 0 atom stereocenters. The van der Waals surface area contributed by atoms with Crippen LogP contribution in [0.1, 0.15) is 44.9 Å². The van der Waals surface area contributed by atoms with Crippen molar-refractivity contribution >= 4 is 12.3 Å². The van der Waals surface area contributed by atoms with Crippen LogP contribution in [0.5, 0.6) is 0 Å². The quantitative estimate of drug-likeness (QED) is 0.575. The smallest absolute Gasteiger partial charge is 0.427 e. The minimum atomic E-state index is -0.510. The molecule has 0 aromatic rings. The van der Waals surface area contributed by atoms with Gasteiger partial charge in [-0.05, 0) is 18.8 Å². The summed E-state index contributed by atoms with van der Waals surface area (Å²) in [6, 6.07) is 0. The Morgan fingerprint density at radius 3 is 2.87 bits per heavy atom. The summed E-state index contributed by atoms with van der Waals surface area (Å²) >= 11 is 0. The van der Waals surface area contributed by atoms with Crippen LogP contribution in [0.4, 0.5) is 4.79 Å². The Morgan fingerprint density at radius 2 is 2.20 bits per heavy atom. The first kappa shape index (κ1) is 12.0. The van der Waals surface area contributed by atoms with E-state index in [9.17, 15) is 4.79 Å². The Labute approximate surface area is 91.1 Å². The molecule has 1 N–H and O–H groups in total. The summed E-state index contributed by atoms with van der Waals surface area (Å²) in [6.45, 7) is 0. The molecule has 86 valence electrons. The zero-order chi connectivity index (χ0) is 10.9. The summed E-state index contributed by atoms with van der Waals surface area (Å²) < 4.78 is 4.38. The van der Waals surface area contributed by atoms with Gasteiger partial charge in [-0.2, -0.15) is 5.10 Å².